The number of carbonyl (C=O) groups excluding carboxylic acids is 1. The SMILES string of the molecule is COc1ccc(-c2nn(-c3ccccc3)cc2C(=O)NCCCOCC(C)C)cc1OC. The molecule has 2 aromatic carbocycles. The topological polar surface area (TPSA) is 74.6 Å². The Morgan fingerprint density at radius 3 is 2.50 bits per heavy atom. The van der Waals surface area contributed by atoms with Crippen molar-refractivity contribution in [2.24, 2.45) is 5.92 Å². The van der Waals surface area contributed by atoms with Crippen LogP contribution in [-0.4, -0.2) is 49.7 Å². The molecule has 0 atom stereocenters. The van der Waals surface area contributed by atoms with Crippen LogP contribution in [0.1, 0.15) is 30.6 Å². The zero-order valence-corrected chi connectivity index (χ0v) is 19.1. The number of para-hydroxylation sites is 1. The van der Waals surface area contributed by atoms with Gasteiger partial charge in [-0.15, -0.1) is 0 Å². The first-order valence-electron chi connectivity index (χ1n) is 10.8. The summed E-state index contributed by atoms with van der Waals surface area (Å²) in [6.07, 6.45) is 2.50. The summed E-state index contributed by atoms with van der Waals surface area (Å²) in [4.78, 5) is 13.0. The lowest BCUT2D eigenvalue weighted by molar-refractivity contribution is 0.0925. The first-order valence-corrected chi connectivity index (χ1v) is 10.8. The van der Waals surface area contributed by atoms with Gasteiger partial charge in [-0.25, -0.2) is 4.68 Å². The quantitative estimate of drug-likeness (QED) is 0.452. The molecule has 7 nitrogen and oxygen atoms in total. The van der Waals surface area contributed by atoms with Crippen molar-refractivity contribution in [3.63, 3.8) is 0 Å². The predicted octanol–water partition coefficient (Wildman–Crippen LogP) is 4.35. The third-order valence-corrected chi connectivity index (χ3v) is 4.84. The minimum Gasteiger partial charge on any atom is -0.493 e. The number of amides is 1. The number of nitrogens with one attached hydrogen (secondary N) is 1. The molecule has 0 aliphatic rings. The van der Waals surface area contributed by atoms with Gasteiger partial charge in [0.15, 0.2) is 11.5 Å². The van der Waals surface area contributed by atoms with Crippen molar-refractivity contribution in [2.75, 3.05) is 34.0 Å². The van der Waals surface area contributed by atoms with E-state index in [2.05, 4.69) is 19.2 Å². The average molecular weight is 438 g/mol. The molecule has 0 saturated heterocycles. The molecule has 1 heterocycles. The van der Waals surface area contributed by atoms with Crippen LogP contribution in [-0.2, 0) is 4.74 Å². The van der Waals surface area contributed by atoms with Gasteiger partial charge in [0.25, 0.3) is 5.91 Å². The van der Waals surface area contributed by atoms with Gasteiger partial charge in [0.2, 0.25) is 0 Å². The number of methoxy groups -OCH3 is 2. The minimum atomic E-state index is -0.180. The van der Waals surface area contributed by atoms with E-state index in [4.69, 9.17) is 19.3 Å². The van der Waals surface area contributed by atoms with Gasteiger partial charge in [0.1, 0.15) is 5.69 Å². The molecule has 0 fully saturated rings. The third-order valence-electron chi connectivity index (χ3n) is 4.84. The Kier molecular flexibility index (Phi) is 8.27. The summed E-state index contributed by atoms with van der Waals surface area (Å²) in [7, 11) is 3.17. The second-order valence-corrected chi connectivity index (χ2v) is 7.82. The highest BCUT2D eigenvalue weighted by Crippen LogP contribution is 2.33. The van der Waals surface area contributed by atoms with Crippen molar-refractivity contribution < 1.29 is 19.0 Å². The molecule has 32 heavy (non-hydrogen) atoms. The number of ether oxygens (including phenoxy) is 3. The van der Waals surface area contributed by atoms with Crippen molar-refractivity contribution >= 4 is 5.91 Å². The summed E-state index contributed by atoms with van der Waals surface area (Å²) in [6.45, 7) is 6.09. The molecule has 3 aromatic rings. The van der Waals surface area contributed by atoms with E-state index in [9.17, 15) is 4.79 Å². The smallest absolute Gasteiger partial charge is 0.255 e. The second-order valence-electron chi connectivity index (χ2n) is 7.82. The second kappa shape index (κ2) is 11.3. The lowest BCUT2D eigenvalue weighted by Crippen LogP contribution is -2.25. The molecular formula is C25H31N3O4. The fourth-order valence-electron chi connectivity index (χ4n) is 3.24. The summed E-state index contributed by atoms with van der Waals surface area (Å²) in [5.74, 6) is 1.51. The molecule has 1 amide bonds. The van der Waals surface area contributed by atoms with Crippen LogP contribution in [0.2, 0.25) is 0 Å². The van der Waals surface area contributed by atoms with Crippen molar-refractivity contribution in [1.29, 1.82) is 0 Å². The Morgan fingerprint density at radius 1 is 1.06 bits per heavy atom. The van der Waals surface area contributed by atoms with Gasteiger partial charge in [-0.1, -0.05) is 32.0 Å². The number of benzene rings is 2. The molecule has 170 valence electrons. The van der Waals surface area contributed by atoms with E-state index in [0.717, 1.165) is 24.3 Å². The highest BCUT2D eigenvalue weighted by atomic mass is 16.5. The van der Waals surface area contributed by atoms with Crippen LogP contribution in [0.5, 0.6) is 11.5 Å². The number of carbonyl (C=O) groups is 1. The number of nitrogens with zero attached hydrogens (tertiary/aromatic N) is 2. The molecule has 0 radical (unpaired) electrons. The Balaban J connectivity index is 1.84. The Morgan fingerprint density at radius 2 is 1.81 bits per heavy atom. The van der Waals surface area contributed by atoms with E-state index in [1.54, 1.807) is 25.1 Å². The first-order chi connectivity index (χ1) is 15.5. The van der Waals surface area contributed by atoms with Crippen LogP contribution >= 0.6 is 0 Å². The maximum Gasteiger partial charge on any atom is 0.255 e. The number of hydrogen-bond acceptors (Lipinski definition) is 5. The normalized spacial score (nSPS) is 10.9. The van der Waals surface area contributed by atoms with Crippen molar-refractivity contribution in [3.05, 3.63) is 60.3 Å². The van der Waals surface area contributed by atoms with E-state index in [-0.39, 0.29) is 5.91 Å². The summed E-state index contributed by atoms with van der Waals surface area (Å²) >= 11 is 0. The average Bonchev–Trinajstić information content (AvgIpc) is 3.26. The van der Waals surface area contributed by atoms with Crippen LogP contribution in [0.25, 0.3) is 16.9 Å². The monoisotopic (exact) mass is 437 g/mol. The van der Waals surface area contributed by atoms with E-state index >= 15 is 0 Å². The van der Waals surface area contributed by atoms with E-state index in [1.807, 2.05) is 48.5 Å². The zero-order valence-electron chi connectivity index (χ0n) is 19.1. The Labute approximate surface area is 189 Å². The molecule has 0 spiro atoms. The van der Waals surface area contributed by atoms with Crippen LogP contribution in [0.3, 0.4) is 0 Å². The van der Waals surface area contributed by atoms with Gasteiger partial charge >= 0.3 is 0 Å². The molecule has 0 saturated carbocycles. The minimum absolute atomic E-state index is 0.180. The van der Waals surface area contributed by atoms with Gasteiger partial charge in [-0.05, 0) is 42.7 Å². The summed E-state index contributed by atoms with van der Waals surface area (Å²) in [5, 5.41) is 7.70. The standard InChI is InChI=1S/C25H31N3O4/c1-18(2)17-32-14-8-13-26-25(29)21-16-28(20-9-6-5-7-10-20)27-24(21)19-11-12-22(30-3)23(15-19)31-4/h5-7,9-12,15-16,18H,8,13-14,17H2,1-4H3,(H,26,29). The summed E-state index contributed by atoms with van der Waals surface area (Å²) < 4.78 is 18.1. The van der Waals surface area contributed by atoms with Crippen molar-refractivity contribution in [1.82, 2.24) is 15.1 Å². The lowest BCUT2D eigenvalue weighted by Gasteiger charge is -2.10. The molecule has 3 rings (SSSR count). The third kappa shape index (κ3) is 5.88. The van der Waals surface area contributed by atoms with Crippen molar-refractivity contribution in [3.8, 4) is 28.4 Å². The molecule has 0 aliphatic carbocycles. The van der Waals surface area contributed by atoms with E-state index in [1.165, 1.54) is 0 Å². The fourth-order valence-corrected chi connectivity index (χ4v) is 3.24. The number of hydrogen-bond donors (Lipinski definition) is 1. The highest BCUT2D eigenvalue weighted by molar-refractivity contribution is 6.00. The molecule has 0 aliphatic heterocycles. The van der Waals surface area contributed by atoms with Crippen LogP contribution in [0.15, 0.2) is 54.7 Å². The number of rotatable bonds is 11. The first kappa shape index (κ1) is 23.3. The predicted molar refractivity (Wildman–Crippen MR) is 125 cm³/mol. The maximum atomic E-state index is 13.0. The molecule has 0 unspecified atom stereocenters. The molecule has 1 aromatic heterocycles. The van der Waals surface area contributed by atoms with Crippen LogP contribution in [0.4, 0.5) is 0 Å². The van der Waals surface area contributed by atoms with Gasteiger partial charge in [-0.3, -0.25) is 4.79 Å². The van der Waals surface area contributed by atoms with Gasteiger partial charge in [0, 0.05) is 31.5 Å². The maximum absolute atomic E-state index is 13.0. The fraction of sp³-hybridized carbons (Fsp3) is 0.360. The van der Waals surface area contributed by atoms with Crippen LogP contribution in [0, 0.1) is 5.92 Å². The number of aromatic nitrogens is 2. The lowest BCUT2D eigenvalue weighted by atomic mass is 10.1. The molecule has 7 heteroatoms. The van der Waals surface area contributed by atoms with Crippen LogP contribution < -0.4 is 14.8 Å². The van der Waals surface area contributed by atoms with E-state index in [0.29, 0.717) is 41.8 Å². The zero-order chi connectivity index (χ0) is 22.9. The molecule has 1 N–H and O–H groups in total. The highest BCUT2D eigenvalue weighted by Gasteiger charge is 2.20. The van der Waals surface area contributed by atoms with Gasteiger partial charge in [-0.2, -0.15) is 5.10 Å². The summed E-state index contributed by atoms with van der Waals surface area (Å²) in [6, 6.07) is 15.2. The summed E-state index contributed by atoms with van der Waals surface area (Å²) in [5.41, 5.74) is 2.70. The Bertz CT molecular complexity index is 1020. The Hall–Kier alpha value is -3.32. The van der Waals surface area contributed by atoms with E-state index < -0.39 is 0 Å². The van der Waals surface area contributed by atoms with Gasteiger partial charge in [0.05, 0.1) is 25.5 Å². The molecule has 0 bridgehead atoms. The molecular weight excluding hydrogens is 406 g/mol. The van der Waals surface area contributed by atoms with Crippen molar-refractivity contribution in [2.45, 2.75) is 20.3 Å². The van der Waals surface area contributed by atoms with Gasteiger partial charge < -0.3 is 19.5 Å². The largest absolute Gasteiger partial charge is 0.493 e.